The van der Waals surface area contributed by atoms with Gasteiger partial charge in [0.1, 0.15) is 12.1 Å². The molecule has 0 spiro atoms. The van der Waals surface area contributed by atoms with Crippen LogP contribution in [0.2, 0.25) is 0 Å². The molecule has 0 aliphatic carbocycles. The summed E-state index contributed by atoms with van der Waals surface area (Å²) in [6.45, 7) is 3.06. The monoisotopic (exact) mass is 297 g/mol. The summed E-state index contributed by atoms with van der Waals surface area (Å²) in [5, 5.41) is 8.48. The second kappa shape index (κ2) is 5.44. The fourth-order valence-electron chi connectivity index (χ4n) is 1.65. The Hall–Kier alpha value is -1.17. The molecule has 1 unspecified atom stereocenters. The SMILES string of the molecule is CCC(Br)CCNc1ncnc2c1cnn2C. The molecular weight excluding hydrogens is 282 g/mol. The van der Waals surface area contributed by atoms with Crippen molar-refractivity contribution in [3.05, 3.63) is 12.5 Å². The third-order valence-electron chi connectivity index (χ3n) is 2.72. The minimum atomic E-state index is 0.557. The van der Waals surface area contributed by atoms with E-state index < -0.39 is 0 Å². The van der Waals surface area contributed by atoms with Gasteiger partial charge in [0.2, 0.25) is 0 Å². The lowest BCUT2D eigenvalue weighted by atomic mass is 10.2. The highest BCUT2D eigenvalue weighted by atomic mass is 79.9. The Labute approximate surface area is 109 Å². The van der Waals surface area contributed by atoms with Crippen molar-refractivity contribution in [1.29, 1.82) is 0 Å². The van der Waals surface area contributed by atoms with Gasteiger partial charge < -0.3 is 5.32 Å². The minimum Gasteiger partial charge on any atom is -0.369 e. The number of fused-ring (bicyclic) bond motifs is 1. The van der Waals surface area contributed by atoms with Crippen molar-refractivity contribution in [3.8, 4) is 0 Å². The predicted octanol–water partition coefficient (Wildman–Crippen LogP) is 2.34. The number of hydrogen-bond acceptors (Lipinski definition) is 4. The maximum atomic E-state index is 4.25. The van der Waals surface area contributed by atoms with Crippen LogP contribution < -0.4 is 5.32 Å². The van der Waals surface area contributed by atoms with E-state index in [1.807, 2.05) is 7.05 Å². The molecule has 0 aromatic carbocycles. The fraction of sp³-hybridized carbons (Fsp3) is 0.545. The van der Waals surface area contributed by atoms with Crippen molar-refractivity contribution in [2.45, 2.75) is 24.6 Å². The number of alkyl halides is 1. The van der Waals surface area contributed by atoms with Gasteiger partial charge in [0.25, 0.3) is 0 Å². The van der Waals surface area contributed by atoms with E-state index in [-0.39, 0.29) is 0 Å². The number of nitrogens with one attached hydrogen (secondary N) is 1. The first-order chi connectivity index (χ1) is 8.22. The number of anilines is 1. The van der Waals surface area contributed by atoms with Crippen molar-refractivity contribution in [1.82, 2.24) is 19.7 Å². The summed E-state index contributed by atoms with van der Waals surface area (Å²) >= 11 is 3.61. The lowest BCUT2D eigenvalue weighted by Crippen LogP contribution is -2.09. The topological polar surface area (TPSA) is 55.6 Å². The highest BCUT2D eigenvalue weighted by Crippen LogP contribution is 2.18. The summed E-state index contributed by atoms with van der Waals surface area (Å²) in [5.41, 5.74) is 0.855. The lowest BCUT2D eigenvalue weighted by molar-refractivity contribution is 0.773. The molecule has 0 aliphatic heterocycles. The Morgan fingerprint density at radius 3 is 3.06 bits per heavy atom. The minimum absolute atomic E-state index is 0.557. The zero-order valence-corrected chi connectivity index (χ0v) is 11.6. The molecule has 5 nitrogen and oxygen atoms in total. The molecule has 1 N–H and O–H groups in total. The van der Waals surface area contributed by atoms with E-state index in [0.29, 0.717) is 4.83 Å². The summed E-state index contributed by atoms with van der Waals surface area (Å²) in [4.78, 5) is 9.01. The summed E-state index contributed by atoms with van der Waals surface area (Å²) in [7, 11) is 1.88. The molecule has 0 saturated carbocycles. The van der Waals surface area contributed by atoms with Crippen molar-refractivity contribution in [3.63, 3.8) is 0 Å². The van der Waals surface area contributed by atoms with E-state index in [0.717, 1.165) is 36.2 Å². The number of halogens is 1. The van der Waals surface area contributed by atoms with Crippen LogP contribution in [0, 0.1) is 0 Å². The van der Waals surface area contributed by atoms with E-state index in [2.05, 4.69) is 43.2 Å². The van der Waals surface area contributed by atoms with Crippen molar-refractivity contribution in [2.24, 2.45) is 7.05 Å². The Kier molecular flexibility index (Phi) is 3.93. The zero-order chi connectivity index (χ0) is 12.3. The number of aromatic nitrogens is 4. The summed E-state index contributed by atoms with van der Waals surface area (Å²) in [5.74, 6) is 0.860. The van der Waals surface area contributed by atoms with Gasteiger partial charge in [-0.25, -0.2) is 9.97 Å². The average Bonchev–Trinajstić information content (AvgIpc) is 2.72. The molecule has 0 radical (unpaired) electrons. The first-order valence-corrected chi connectivity index (χ1v) is 6.64. The van der Waals surface area contributed by atoms with Crippen LogP contribution >= 0.6 is 15.9 Å². The number of nitrogens with zero attached hydrogens (tertiary/aromatic N) is 4. The standard InChI is InChI=1S/C11H16BrN5/c1-3-8(12)4-5-13-10-9-6-16-17(2)11(9)15-7-14-10/h6-8H,3-5H2,1-2H3,(H,13,14,15). The fourth-order valence-corrected chi connectivity index (χ4v) is 1.88. The molecule has 0 amide bonds. The van der Waals surface area contributed by atoms with Gasteiger partial charge in [-0.2, -0.15) is 5.10 Å². The molecule has 2 heterocycles. The van der Waals surface area contributed by atoms with Crippen LogP contribution in [0.5, 0.6) is 0 Å². The molecule has 0 fully saturated rings. The van der Waals surface area contributed by atoms with E-state index >= 15 is 0 Å². The molecule has 2 aromatic heterocycles. The van der Waals surface area contributed by atoms with Gasteiger partial charge in [-0.3, -0.25) is 4.68 Å². The Bertz CT molecular complexity index is 496. The third kappa shape index (κ3) is 2.74. The van der Waals surface area contributed by atoms with Crippen LogP contribution in [0.15, 0.2) is 12.5 Å². The maximum Gasteiger partial charge on any atom is 0.163 e. The van der Waals surface area contributed by atoms with E-state index in [1.54, 1.807) is 17.2 Å². The number of hydrogen-bond donors (Lipinski definition) is 1. The predicted molar refractivity (Wildman–Crippen MR) is 72.4 cm³/mol. The van der Waals surface area contributed by atoms with Crippen molar-refractivity contribution < 1.29 is 0 Å². The van der Waals surface area contributed by atoms with E-state index in [9.17, 15) is 0 Å². The quantitative estimate of drug-likeness (QED) is 0.861. The van der Waals surface area contributed by atoms with Crippen molar-refractivity contribution >= 4 is 32.8 Å². The molecule has 1 atom stereocenters. The summed E-state index contributed by atoms with van der Waals surface area (Å²) < 4.78 is 1.75. The smallest absolute Gasteiger partial charge is 0.163 e. The third-order valence-corrected chi connectivity index (χ3v) is 3.83. The molecule has 0 bridgehead atoms. The van der Waals surface area contributed by atoms with E-state index in [4.69, 9.17) is 0 Å². The molecular formula is C11H16BrN5. The van der Waals surface area contributed by atoms with Crippen LogP contribution in [0.3, 0.4) is 0 Å². The first-order valence-electron chi connectivity index (χ1n) is 5.73. The second-order valence-electron chi connectivity index (χ2n) is 3.95. The highest BCUT2D eigenvalue weighted by Gasteiger charge is 2.07. The average molecular weight is 298 g/mol. The van der Waals surface area contributed by atoms with Gasteiger partial charge in [0.15, 0.2) is 5.65 Å². The van der Waals surface area contributed by atoms with Gasteiger partial charge in [-0.1, -0.05) is 22.9 Å². The largest absolute Gasteiger partial charge is 0.369 e. The molecule has 17 heavy (non-hydrogen) atoms. The number of aryl methyl sites for hydroxylation is 1. The normalized spacial score (nSPS) is 12.9. The van der Waals surface area contributed by atoms with Gasteiger partial charge in [0, 0.05) is 18.4 Å². The van der Waals surface area contributed by atoms with Gasteiger partial charge in [-0.05, 0) is 12.8 Å². The molecule has 2 aromatic rings. The second-order valence-corrected chi connectivity index (χ2v) is 5.24. The van der Waals surface area contributed by atoms with Crippen molar-refractivity contribution in [2.75, 3.05) is 11.9 Å². The zero-order valence-electron chi connectivity index (χ0n) is 10.0. The number of rotatable bonds is 5. The summed E-state index contributed by atoms with van der Waals surface area (Å²) in [6, 6.07) is 0. The Balaban J connectivity index is 2.08. The lowest BCUT2D eigenvalue weighted by Gasteiger charge is -2.08. The molecule has 2 rings (SSSR count). The molecule has 6 heteroatoms. The van der Waals surface area contributed by atoms with Gasteiger partial charge in [-0.15, -0.1) is 0 Å². The van der Waals surface area contributed by atoms with Gasteiger partial charge >= 0.3 is 0 Å². The Morgan fingerprint density at radius 1 is 1.47 bits per heavy atom. The van der Waals surface area contributed by atoms with Crippen LogP contribution in [-0.4, -0.2) is 31.1 Å². The highest BCUT2D eigenvalue weighted by molar-refractivity contribution is 9.09. The van der Waals surface area contributed by atoms with Crippen LogP contribution in [-0.2, 0) is 7.05 Å². The maximum absolute atomic E-state index is 4.25. The molecule has 0 saturated heterocycles. The molecule has 0 aliphatic rings. The van der Waals surface area contributed by atoms with Crippen LogP contribution in [0.1, 0.15) is 19.8 Å². The van der Waals surface area contributed by atoms with Crippen LogP contribution in [0.25, 0.3) is 11.0 Å². The molecule has 92 valence electrons. The first kappa shape index (κ1) is 12.3. The Morgan fingerprint density at radius 2 is 2.29 bits per heavy atom. The van der Waals surface area contributed by atoms with E-state index in [1.165, 1.54) is 0 Å². The summed E-state index contributed by atoms with van der Waals surface area (Å²) in [6.07, 6.45) is 5.57. The van der Waals surface area contributed by atoms with Gasteiger partial charge in [0.05, 0.1) is 11.6 Å². The van der Waals surface area contributed by atoms with Crippen LogP contribution in [0.4, 0.5) is 5.82 Å².